The third kappa shape index (κ3) is 3.75. The minimum Gasteiger partial charge on any atom is -0.336 e. The SMILES string of the molecule is O=C(NCCn1ccnc1)N1CCCC(N2CCCC2)C1. The summed E-state index contributed by atoms with van der Waals surface area (Å²) >= 11 is 0. The molecule has 6 nitrogen and oxygen atoms in total. The van der Waals surface area contributed by atoms with Crippen molar-refractivity contribution in [2.45, 2.75) is 38.3 Å². The molecule has 116 valence electrons. The lowest BCUT2D eigenvalue weighted by Crippen LogP contribution is -2.52. The van der Waals surface area contributed by atoms with Gasteiger partial charge in [0.05, 0.1) is 6.33 Å². The quantitative estimate of drug-likeness (QED) is 0.905. The van der Waals surface area contributed by atoms with E-state index in [2.05, 4.69) is 15.2 Å². The Morgan fingerprint density at radius 2 is 2.10 bits per heavy atom. The standard InChI is InChI=1S/C15H25N5O/c21-15(17-6-11-18-10-5-16-13-18)20-9-3-4-14(12-20)19-7-1-2-8-19/h5,10,13-14H,1-4,6-9,11-12H2,(H,17,21). The summed E-state index contributed by atoms with van der Waals surface area (Å²) in [5, 5.41) is 3.02. The molecule has 3 heterocycles. The summed E-state index contributed by atoms with van der Waals surface area (Å²) in [5.41, 5.74) is 0. The maximum absolute atomic E-state index is 12.3. The topological polar surface area (TPSA) is 53.4 Å². The average molecular weight is 291 g/mol. The zero-order valence-corrected chi connectivity index (χ0v) is 12.6. The molecule has 3 rings (SSSR count). The minimum absolute atomic E-state index is 0.0824. The van der Waals surface area contributed by atoms with Gasteiger partial charge in [-0.05, 0) is 38.8 Å². The number of piperidine rings is 1. The van der Waals surface area contributed by atoms with Gasteiger partial charge in [-0.1, -0.05) is 0 Å². The van der Waals surface area contributed by atoms with Crippen LogP contribution >= 0.6 is 0 Å². The van der Waals surface area contributed by atoms with Crippen LogP contribution in [0, 0.1) is 0 Å². The first-order valence-electron chi connectivity index (χ1n) is 8.05. The fourth-order valence-electron chi connectivity index (χ4n) is 3.37. The molecule has 2 saturated heterocycles. The fourth-order valence-corrected chi connectivity index (χ4v) is 3.37. The van der Waals surface area contributed by atoms with Gasteiger partial charge in [0, 0.05) is 44.6 Å². The Labute approximate surface area is 126 Å². The fraction of sp³-hybridized carbons (Fsp3) is 0.733. The molecule has 1 N–H and O–H groups in total. The van der Waals surface area contributed by atoms with Gasteiger partial charge < -0.3 is 14.8 Å². The molecule has 1 atom stereocenters. The summed E-state index contributed by atoms with van der Waals surface area (Å²) in [4.78, 5) is 20.8. The van der Waals surface area contributed by atoms with E-state index in [0.717, 1.165) is 26.1 Å². The summed E-state index contributed by atoms with van der Waals surface area (Å²) in [6.45, 7) is 5.62. The zero-order chi connectivity index (χ0) is 14.5. The van der Waals surface area contributed by atoms with Crippen LogP contribution in [0.1, 0.15) is 25.7 Å². The first kappa shape index (κ1) is 14.4. The van der Waals surface area contributed by atoms with E-state index in [0.29, 0.717) is 12.6 Å². The lowest BCUT2D eigenvalue weighted by Gasteiger charge is -2.37. The molecular formula is C15H25N5O. The number of carbonyl (C=O) groups is 1. The number of hydrogen-bond donors (Lipinski definition) is 1. The van der Waals surface area contributed by atoms with Crippen molar-refractivity contribution < 1.29 is 4.79 Å². The van der Waals surface area contributed by atoms with E-state index in [4.69, 9.17) is 0 Å². The number of rotatable bonds is 4. The Morgan fingerprint density at radius 3 is 2.86 bits per heavy atom. The van der Waals surface area contributed by atoms with Crippen molar-refractivity contribution in [3.8, 4) is 0 Å². The van der Waals surface area contributed by atoms with Gasteiger partial charge in [0.15, 0.2) is 0 Å². The smallest absolute Gasteiger partial charge is 0.317 e. The minimum atomic E-state index is 0.0824. The lowest BCUT2D eigenvalue weighted by molar-refractivity contribution is 0.125. The highest BCUT2D eigenvalue weighted by Crippen LogP contribution is 2.20. The maximum atomic E-state index is 12.3. The summed E-state index contributed by atoms with van der Waals surface area (Å²) in [7, 11) is 0. The highest BCUT2D eigenvalue weighted by atomic mass is 16.2. The highest BCUT2D eigenvalue weighted by molar-refractivity contribution is 5.74. The van der Waals surface area contributed by atoms with Crippen LogP contribution in [-0.4, -0.2) is 64.1 Å². The normalized spacial score (nSPS) is 23.4. The third-order valence-electron chi connectivity index (χ3n) is 4.55. The van der Waals surface area contributed by atoms with Crippen molar-refractivity contribution >= 4 is 6.03 Å². The van der Waals surface area contributed by atoms with E-state index in [-0.39, 0.29) is 6.03 Å². The first-order chi connectivity index (χ1) is 10.3. The second-order valence-electron chi connectivity index (χ2n) is 6.02. The van der Waals surface area contributed by atoms with Gasteiger partial charge in [0.2, 0.25) is 0 Å². The molecule has 0 radical (unpaired) electrons. The van der Waals surface area contributed by atoms with Crippen molar-refractivity contribution in [3.63, 3.8) is 0 Å². The Morgan fingerprint density at radius 1 is 1.24 bits per heavy atom. The molecule has 0 bridgehead atoms. The Hall–Kier alpha value is -1.56. The van der Waals surface area contributed by atoms with Gasteiger partial charge >= 0.3 is 6.03 Å². The van der Waals surface area contributed by atoms with E-state index in [1.165, 1.54) is 32.4 Å². The number of carbonyl (C=O) groups excluding carboxylic acids is 1. The van der Waals surface area contributed by atoms with Crippen LogP contribution in [0.25, 0.3) is 0 Å². The molecule has 0 aromatic carbocycles. The number of likely N-dealkylation sites (tertiary alicyclic amines) is 2. The van der Waals surface area contributed by atoms with Gasteiger partial charge in [-0.25, -0.2) is 9.78 Å². The Bertz CT molecular complexity index is 441. The number of amides is 2. The van der Waals surface area contributed by atoms with E-state index in [1.807, 2.05) is 15.7 Å². The van der Waals surface area contributed by atoms with Gasteiger partial charge in [-0.2, -0.15) is 0 Å². The number of aromatic nitrogens is 2. The van der Waals surface area contributed by atoms with E-state index in [9.17, 15) is 4.79 Å². The van der Waals surface area contributed by atoms with Crippen molar-refractivity contribution in [1.29, 1.82) is 0 Å². The van der Waals surface area contributed by atoms with Crippen LogP contribution in [0.15, 0.2) is 18.7 Å². The van der Waals surface area contributed by atoms with Crippen LogP contribution in [0.5, 0.6) is 0 Å². The van der Waals surface area contributed by atoms with Crippen LogP contribution in [0.2, 0.25) is 0 Å². The van der Waals surface area contributed by atoms with Gasteiger partial charge in [-0.15, -0.1) is 0 Å². The molecule has 2 fully saturated rings. The monoisotopic (exact) mass is 291 g/mol. The second-order valence-corrected chi connectivity index (χ2v) is 6.02. The van der Waals surface area contributed by atoms with E-state index < -0.39 is 0 Å². The first-order valence-corrected chi connectivity index (χ1v) is 8.05. The van der Waals surface area contributed by atoms with Crippen molar-refractivity contribution in [2.24, 2.45) is 0 Å². The summed E-state index contributed by atoms with van der Waals surface area (Å²) < 4.78 is 1.98. The van der Waals surface area contributed by atoms with Gasteiger partial charge in [0.1, 0.15) is 0 Å². The molecule has 1 aromatic rings. The lowest BCUT2D eigenvalue weighted by atomic mass is 10.0. The molecule has 1 unspecified atom stereocenters. The number of nitrogens with zero attached hydrogens (tertiary/aromatic N) is 4. The van der Waals surface area contributed by atoms with Crippen molar-refractivity contribution in [3.05, 3.63) is 18.7 Å². The highest BCUT2D eigenvalue weighted by Gasteiger charge is 2.28. The number of hydrogen-bond acceptors (Lipinski definition) is 3. The Kier molecular flexibility index (Phi) is 4.75. The predicted octanol–water partition coefficient (Wildman–Crippen LogP) is 1.15. The summed E-state index contributed by atoms with van der Waals surface area (Å²) in [6, 6.07) is 0.652. The van der Waals surface area contributed by atoms with Gasteiger partial charge in [-0.3, -0.25) is 4.90 Å². The van der Waals surface area contributed by atoms with Crippen molar-refractivity contribution in [2.75, 3.05) is 32.7 Å². The molecule has 0 spiro atoms. The van der Waals surface area contributed by atoms with Crippen LogP contribution in [0.4, 0.5) is 4.79 Å². The average Bonchev–Trinajstić information content (AvgIpc) is 3.21. The van der Waals surface area contributed by atoms with E-state index in [1.54, 1.807) is 12.5 Å². The summed E-state index contributed by atoms with van der Waals surface area (Å²) in [5.74, 6) is 0. The molecule has 2 aliphatic heterocycles. The molecule has 6 heteroatoms. The molecule has 2 aliphatic rings. The van der Waals surface area contributed by atoms with Crippen LogP contribution in [-0.2, 0) is 6.54 Å². The Balaban J connectivity index is 1.43. The molecule has 1 aromatic heterocycles. The maximum Gasteiger partial charge on any atom is 0.317 e. The third-order valence-corrected chi connectivity index (χ3v) is 4.55. The van der Waals surface area contributed by atoms with Crippen LogP contribution < -0.4 is 5.32 Å². The molecule has 21 heavy (non-hydrogen) atoms. The largest absolute Gasteiger partial charge is 0.336 e. The predicted molar refractivity (Wildman–Crippen MR) is 81.0 cm³/mol. The molecule has 2 amide bonds. The molecule has 0 saturated carbocycles. The molecular weight excluding hydrogens is 266 g/mol. The van der Waals surface area contributed by atoms with Crippen molar-refractivity contribution in [1.82, 2.24) is 24.7 Å². The number of imidazole rings is 1. The number of urea groups is 1. The second kappa shape index (κ2) is 6.93. The molecule has 0 aliphatic carbocycles. The zero-order valence-electron chi connectivity index (χ0n) is 12.6. The van der Waals surface area contributed by atoms with E-state index >= 15 is 0 Å². The van der Waals surface area contributed by atoms with Crippen LogP contribution in [0.3, 0.4) is 0 Å². The number of nitrogens with one attached hydrogen (secondary N) is 1. The summed E-state index contributed by atoms with van der Waals surface area (Å²) in [6.07, 6.45) is 10.4. The van der Waals surface area contributed by atoms with Gasteiger partial charge in [0.25, 0.3) is 0 Å².